The highest BCUT2D eigenvalue weighted by Gasteiger charge is 2.33. The van der Waals surface area contributed by atoms with Crippen LogP contribution in [-0.4, -0.2) is 38.3 Å². The van der Waals surface area contributed by atoms with Crippen molar-refractivity contribution in [2.75, 3.05) is 32.7 Å². The van der Waals surface area contributed by atoms with Crippen LogP contribution in [0.25, 0.3) is 6.08 Å². The minimum atomic E-state index is -0.630. The normalized spacial score (nSPS) is 15.4. The molecule has 1 aliphatic heterocycles. The molecule has 4 rings (SSSR count). The predicted molar refractivity (Wildman–Crippen MR) is 160 cm³/mol. The number of benzene rings is 2. The standard InChI is InChI=1S/C26H25I2N3O4S/c1-6-35-25(33)21-14(2)29-26-31(22(21)16-7-9-17(10-8-16)30(3)4)24(32)20(36-26)13-15-11-18(27)23(34-5)19(28)12-15/h7-13,22H,6H2,1-5H3/b20-13-/t22-/m0/s1. The zero-order chi connectivity index (χ0) is 26.1. The maximum absolute atomic E-state index is 13.8. The molecule has 0 saturated heterocycles. The molecule has 188 valence electrons. The van der Waals surface area contributed by atoms with Gasteiger partial charge in [-0.25, -0.2) is 9.79 Å². The van der Waals surface area contributed by atoms with Crippen molar-refractivity contribution in [3.8, 4) is 5.75 Å². The molecule has 0 saturated carbocycles. The second-order valence-electron chi connectivity index (χ2n) is 8.31. The number of carbonyl (C=O) groups excluding carboxylic acids is 1. The van der Waals surface area contributed by atoms with Crippen LogP contribution in [0.15, 0.2) is 57.5 Å². The molecule has 1 atom stereocenters. The molecule has 0 radical (unpaired) electrons. The van der Waals surface area contributed by atoms with Crippen molar-refractivity contribution in [2.24, 2.45) is 4.99 Å². The van der Waals surface area contributed by atoms with Gasteiger partial charge in [0.05, 0.1) is 42.7 Å². The van der Waals surface area contributed by atoms with Crippen molar-refractivity contribution >= 4 is 74.3 Å². The van der Waals surface area contributed by atoms with E-state index in [0.29, 0.717) is 20.6 Å². The summed E-state index contributed by atoms with van der Waals surface area (Å²) in [7, 11) is 5.58. The Morgan fingerprint density at radius 3 is 2.39 bits per heavy atom. The van der Waals surface area contributed by atoms with Crippen molar-refractivity contribution in [2.45, 2.75) is 19.9 Å². The van der Waals surface area contributed by atoms with Crippen molar-refractivity contribution < 1.29 is 14.3 Å². The molecule has 7 nitrogen and oxygen atoms in total. The Labute approximate surface area is 240 Å². The van der Waals surface area contributed by atoms with Gasteiger partial charge in [0, 0.05) is 19.8 Å². The van der Waals surface area contributed by atoms with E-state index in [9.17, 15) is 9.59 Å². The summed E-state index contributed by atoms with van der Waals surface area (Å²) in [5.74, 6) is 0.347. The lowest BCUT2D eigenvalue weighted by Crippen LogP contribution is -2.39. The number of nitrogens with zero attached hydrogens (tertiary/aromatic N) is 3. The number of allylic oxidation sites excluding steroid dienone is 1. The van der Waals surface area contributed by atoms with Crippen LogP contribution in [0.5, 0.6) is 5.75 Å². The maximum Gasteiger partial charge on any atom is 0.338 e. The molecule has 0 unspecified atom stereocenters. The van der Waals surface area contributed by atoms with Gasteiger partial charge in [0.1, 0.15) is 5.75 Å². The van der Waals surface area contributed by atoms with Gasteiger partial charge >= 0.3 is 5.97 Å². The number of anilines is 1. The van der Waals surface area contributed by atoms with Crippen LogP contribution in [0.2, 0.25) is 0 Å². The fourth-order valence-electron chi connectivity index (χ4n) is 4.07. The average molecular weight is 729 g/mol. The zero-order valence-corrected chi connectivity index (χ0v) is 25.6. The third-order valence-electron chi connectivity index (χ3n) is 5.76. The minimum Gasteiger partial charge on any atom is -0.495 e. The number of halogens is 2. The summed E-state index contributed by atoms with van der Waals surface area (Å²) in [6.07, 6.45) is 1.86. The van der Waals surface area contributed by atoms with Crippen LogP contribution in [0, 0.1) is 7.14 Å². The first kappa shape index (κ1) is 26.9. The van der Waals surface area contributed by atoms with E-state index in [2.05, 4.69) is 50.2 Å². The Bertz CT molecular complexity index is 1520. The first-order valence-electron chi connectivity index (χ1n) is 11.2. The van der Waals surface area contributed by atoms with Gasteiger partial charge in [-0.1, -0.05) is 23.5 Å². The van der Waals surface area contributed by atoms with Gasteiger partial charge in [0.15, 0.2) is 4.80 Å². The van der Waals surface area contributed by atoms with E-state index in [1.165, 1.54) is 11.3 Å². The van der Waals surface area contributed by atoms with Gasteiger partial charge in [-0.3, -0.25) is 9.36 Å². The second-order valence-corrected chi connectivity index (χ2v) is 11.6. The Balaban J connectivity index is 1.93. The number of thiazole rings is 1. The maximum atomic E-state index is 13.8. The summed E-state index contributed by atoms with van der Waals surface area (Å²) in [6.45, 7) is 3.79. The first-order valence-corrected chi connectivity index (χ1v) is 14.1. The fraction of sp³-hybridized carbons (Fsp3) is 0.269. The third kappa shape index (κ3) is 5.12. The molecule has 0 aliphatic carbocycles. The van der Waals surface area contributed by atoms with E-state index in [1.54, 1.807) is 25.5 Å². The number of hydrogen-bond donors (Lipinski definition) is 0. The number of esters is 1. The lowest BCUT2D eigenvalue weighted by molar-refractivity contribution is -0.139. The smallest absolute Gasteiger partial charge is 0.338 e. The summed E-state index contributed by atoms with van der Waals surface area (Å²) in [5.41, 5.74) is 3.46. The quantitative estimate of drug-likeness (QED) is 0.283. The Morgan fingerprint density at radius 2 is 1.83 bits per heavy atom. The van der Waals surface area contributed by atoms with Crippen molar-refractivity contribution in [1.29, 1.82) is 0 Å². The van der Waals surface area contributed by atoms with Gasteiger partial charge in [-0.15, -0.1) is 0 Å². The highest BCUT2D eigenvalue weighted by atomic mass is 127. The lowest BCUT2D eigenvalue weighted by atomic mass is 9.95. The highest BCUT2D eigenvalue weighted by Crippen LogP contribution is 2.32. The largest absolute Gasteiger partial charge is 0.495 e. The number of carbonyl (C=O) groups is 1. The highest BCUT2D eigenvalue weighted by molar-refractivity contribution is 14.1. The molecule has 1 aromatic heterocycles. The lowest BCUT2D eigenvalue weighted by Gasteiger charge is -2.25. The molecule has 0 spiro atoms. The van der Waals surface area contributed by atoms with E-state index in [4.69, 9.17) is 9.47 Å². The van der Waals surface area contributed by atoms with Crippen molar-refractivity contribution in [3.63, 3.8) is 0 Å². The molecule has 0 bridgehead atoms. The molecule has 0 fully saturated rings. The van der Waals surface area contributed by atoms with Gasteiger partial charge in [-0.2, -0.15) is 0 Å². The topological polar surface area (TPSA) is 73.1 Å². The number of ether oxygens (including phenoxy) is 2. The molecular weight excluding hydrogens is 704 g/mol. The Hall–Kier alpha value is -2.19. The van der Waals surface area contributed by atoms with Gasteiger partial charge in [0.25, 0.3) is 5.56 Å². The van der Waals surface area contributed by atoms with E-state index in [0.717, 1.165) is 29.7 Å². The van der Waals surface area contributed by atoms with Crippen molar-refractivity contribution in [3.05, 3.63) is 85.6 Å². The van der Waals surface area contributed by atoms with Gasteiger partial charge in [0.2, 0.25) is 0 Å². The van der Waals surface area contributed by atoms with Gasteiger partial charge in [-0.05, 0) is 100 Å². The van der Waals surface area contributed by atoms with E-state index in [1.807, 2.05) is 61.5 Å². The molecule has 0 N–H and O–H groups in total. The zero-order valence-electron chi connectivity index (χ0n) is 20.5. The fourth-order valence-corrected chi connectivity index (χ4v) is 7.37. The van der Waals surface area contributed by atoms with Gasteiger partial charge < -0.3 is 14.4 Å². The van der Waals surface area contributed by atoms with Crippen molar-refractivity contribution in [1.82, 2.24) is 4.57 Å². The molecule has 36 heavy (non-hydrogen) atoms. The molecule has 0 amide bonds. The predicted octanol–water partition coefficient (Wildman–Crippen LogP) is 4.08. The number of methoxy groups -OCH3 is 1. The van der Waals surface area contributed by atoms with Crippen LogP contribution in [0.1, 0.15) is 31.0 Å². The van der Waals surface area contributed by atoms with Crippen LogP contribution in [0.3, 0.4) is 0 Å². The van der Waals surface area contributed by atoms with E-state index >= 15 is 0 Å². The summed E-state index contributed by atoms with van der Waals surface area (Å²) in [4.78, 5) is 34.0. The Morgan fingerprint density at radius 1 is 1.19 bits per heavy atom. The number of fused-ring (bicyclic) bond motifs is 1. The monoisotopic (exact) mass is 729 g/mol. The van der Waals surface area contributed by atoms with Crippen LogP contribution in [0.4, 0.5) is 5.69 Å². The summed E-state index contributed by atoms with van der Waals surface area (Å²) in [6, 6.07) is 11.2. The number of hydrogen-bond acceptors (Lipinski definition) is 7. The van der Waals surface area contributed by atoms with Crippen LogP contribution < -0.4 is 24.5 Å². The molecule has 1 aliphatic rings. The average Bonchev–Trinajstić information content (AvgIpc) is 3.12. The molecule has 2 aromatic carbocycles. The summed E-state index contributed by atoms with van der Waals surface area (Å²) < 4.78 is 14.9. The van der Waals surface area contributed by atoms with Crippen LogP contribution >= 0.6 is 56.5 Å². The van der Waals surface area contributed by atoms with Crippen LogP contribution in [-0.2, 0) is 9.53 Å². The Kier molecular flexibility index (Phi) is 8.25. The summed E-state index contributed by atoms with van der Waals surface area (Å²) >= 11 is 5.77. The number of rotatable bonds is 6. The molecule has 10 heteroatoms. The number of aromatic nitrogens is 1. The summed E-state index contributed by atoms with van der Waals surface area (Å²) in [5, 5.41) is 0. The minimum absolute atomic E-state index is 0.199. The molecule has 3 aromatic rings. The SMILES string of the molecule is CCOC(=O)C1=C(C)N=c2s/c(=C\c3cc(I)c(OC)c(I)c3)c(=O)n2[C@H]1c1ccc(N(C)C)cc1. The van der Waals surface area contributed by atoms with E-state index < -0.39 is 12.0 Å². The molecule has 2 heterocycles. The van der Waals surface area contributed by atoms with E-state index in [-0.39, 0.29) is 12.2 Å². The third-order valence-corrected chi connectivity index (χ3v) is 8.35. The molecular formula is C26H25I2N3O4S. The second kappa shape index (κ2) is 11.1. The first-order chi connectivity index (χ1) is 17.2.